The molecule has 1 aromatic rings. The van der Waals surface area contributed by atoms with Gasteiger partial charge in [-0.15, -0.1) is 0 Å². The van der Waals surface area contributed by atoms with E-state index in [-0.39, 0.29) is 17.9 Å². The largest absolute Gasteiger partial charge is 0.491 e. The number of carbonyl (C=O) groups excluding carboxylic acids is 1. The molecule has 0 aliphatic carbocycles. The van der Waals surface area contributed by atoms with E-state index in [1.165, 1.54) is 0 Å². The Balaban J connectivity index is 2.80. The molecule has 1 atom stereocenters. The SMILES string of the molecule is CC(C)Oc1cccc(C(=O)NC(C#N)C(C)C)c1. The normalized spacial score (nSPS) is 12.1. The molecular formula is C15H20N2O2. The van der Waals surface area contributed by atoms with Gasteiger partial charge in [-0.25, -0.2) is 0 Å². The van der Waals surface area contributed by atoms with Crippen molar-refractivity contribution < 1.29 is 9.53 Å². The average Bonchev–Trinajstić information content (AvgIpc) is 2.34. The van der Waals surface area contributed by atoms with E-state index in [4.69, 9.17) is 10.00 Å². The Morgan fingerprint density at radius 3 is 2.53 bits per heavy atom. The van der Waals surface area contributed by atoms with Crippen LogP contribution in [0.2, 0.25) is 0 Å². The predicted octanol–water partition coefficient (Wildman–Crippen LogP) is 2.75. The fraction of sp³-hybridized carbons (Fsp3) is 0.467. The van der Waals surface area contributed by atoms with Gasteiger partial charge in [0.25, 0.3) is 5.91 Å². The van der Waals surface area contributed by atoms with Gasteiger partial charge >= 0.3 is 0 Å². The predicted molar refractivity (Wildman–Crippen MR) is 73.9 cm³/mol. The molecule has 1 amide bonds. The van der Waals surface area contributed by atoms with Gasteiger partial charge in [0, 0.05) is 5.56 Å². The first-order chi connectivity index (χ1) is 8.93. The summed E-state index contributed by atoms with van der Waals surface area (Å²) in [6.45, 7) is 7.65. The van der Waals surface area contributed by atoms with Gasteiger partial charge < -0.3 is 10.1 Å². The molecule has 0 bridgehead atoms. The third-order valence-electron chi connectivity index (χ3n) is 2.56. The highest BCUT2D eigenvalue weighted by molar-refractivity contribution is 5.94. The van der Waals surface area contributed by atoms with Crippen molar-refractivity contribution >= 4 is 5.91 Å². The molecule has 0 spiro atoms. The molecule has 0 saturated heterocycles. The van der Waals surface area contributed by atoms with Crippen molar-refractivity contribution in [3.8, 4) is 11.8 Å². The van der Waals surface area contributed by atoms with Crippen LogP contribution in [0.25, 0.3) is 0 Å². The minimum absolute atomic E-state index is 0.0563. The zero-order valence-corrected chi connectivity index (χ0v) is 11.8. The van der Waals surface area contributed by atoms with Crippen LogP contribution >= 0.6 is 0 Å². The molecule has 102 valence electrons. The molecule has 0 saturated carbocycles. The fourth-order valence-corrected chi connectivity index (χ4v) is 1.56. The third kappa shape index (κ3) is 4.63. The lowest BCUT2D eigenvalue weighted by Crippen LogP contribution is -2.37. The topological polar surface area (TPSA) is 62.1 Å². The molecule has 1 aromatic carbocycles. The van der Waals surface area contributed by atoms with Gasteiger partial charge in [-0.1, -0.05) is 19.9 Å². The van der Waals surface area contributed by atoms with E-state index in [0.29, 0.717) is 11.3 Å². The van der Waals surface area contributed by atoms with Gasteiger partial charge in [-0.2, -0.15) is 5.26 Å². The summed E-state index contributed by atoms with van der Waals surface area (Å²) in [5.74, 6) is 0.471. The van der Waals surface area contributed by atoms with E-state index >= 15 is 0 Å². The number of nitriles is 1. The summed E-state index contributed by atoms with van der Waals surface area (Å²) in [6, 6.07) is 8.57. The van der Waals surface area contributed by atoms with Crippen molar-refractivity contribution in [3.05, 3.63) is 29.8 Å². The van der Waals surface area contributed by atoms with Crippen LogP contribution in [0.3, 0.4) is 0 Å². The maximum absolute atomic E-state index is 12.0. The molecule has 0 aromatic heterocycles. The second-order valence-corrected chi connectivity index (χ2v) is 5.02. The number of benzene rings is 1. The Hall–Kier alpha value is -2.02. The Morgan fingerprint density at radius 2 is 2.00 bits per heavy atom. The number of amides is 1. The van der Waals surface area contributed by atoms with Crippen LogP contribution < -0.4 is 10.1 Å². The van der Waals surface area contributed by atoms with E-state index < -0.39 is 6.04 Å². The first-order valence-electron chi connectivity index (χ1n) is 6.41. The molecule has 4 nitrogen and oxygen atoms in total. The molecular weight excluding hydrogens is 240 g/mol. The van der Waals surface area contributed by atoms with E-state index in [1.54, 1.807) is 24.3 Å². The van der Waals surface area contributed by atoms with Crippen LogP contribution in [0.4, 0.5) is 0 Å². The molecule has 0 aliphatic heterocycles. The molecule has 19 heavy (non-hydrogen) atoms. The fourth-order valence-electron chi connectivity index (χ4n) is 1.56. The highest BCUT2D eigenvalue weighted by Gasteiger charge is 2.16. The number of rotatable bonds is 5. The van der Waals surface area contributed by atoms with Crippen LogP contribution in [0.1, 0.15) is 38.1 Å². The van der Waals surface area contributed by atoms with E-state index in [2.05, 4.69) is 11.4 Å². The Labute approximate surface area is 114 Å². The summed E-state index contributed by atoms with van der Waals surface area (Å²) in [6.07, 6.45) is 0.0563. The van der Waals surface area contributed by atoms with Crippen LogP contribution in [0.15, 0.2) is 24.3 Å². The molecule has 0 fully saturated rings. The maximum Gasteiger partial charge on any atom is 0.252 e. The molecule has 0 aliphatic rings. The Kier molecular flexibility index (Phi) is 5.37. The molecule has 1 N–H and O–H groups in total. The van der Waals surface area contributed by atoms with E-state index in [1.807, 2.05) is 27.7 Å². The van der Waals surface area contributed by atoms with Crippen molar-refractivity contribution in [3.63, 3.8) is 0 Å². The van der Waals surface area contributed by atoms with Crippen LogP contribution in [0.5, 0.6) is 5.75 Å². The first kappa shape index (κ1) is 15.0. The zero-order chi connectivity index (χ0) is 14.4. The highest BCUT2D eigenvalue weighted by Crippen LogP contribution is 2.15. The van der Waals surface area contributed by atoms with Crippen molar-refractivity contribution in [1.29, 1.82) is 5.26 Å². The molecule has 0 radical (unpaired) electrons. The van der Waals surface area contributed by atoms with Gasteiger partial charge in [0.2, 0.25) is 0 Å². The minimum atomic E-state index is -0.484. The summed E-state index contributed by atoms with van der Waals surface area (Å²) in [5, 5.41) is 11.7. The number of hydrogen-bond donors (Lipinski definition) is 1. The highest BCUT2D eigenvalue weighted by atomic mass is 16.5. The summed E-state index contributed by atoms with van der Waals surface area (Å²) in [7, 11) is 0. The molecule has 1 rings (SSSR count). The number of carbonyl (C=O) groups is 1. The number of ether oxygens (including phenoxy) is 1. The van der Waals surface area contributed by atoms with Gasteiger partial charge in [0.15, 0.2) is 0 Å². The van der Waals surface area contributed by atoms with Crippen LogP contribution in [0, 0.1) is 17.2 Å². The lowest BCUT2D eigenvalue weighted by molar-refractivity contribution is 0.0937. The smallest absolute Gasteiger partial charge is 0.252 e. The van der Waals surface area contributed by atoms with Crippen molar-refractivity contribution in [1.82, 2.24) is 5.32 Å². The van der Waals surface area contributed by atoms with Gasteiger partial charge in [0.05, 0.1) is 12.2 Å². The second-order valence-electron chi connectivity index (χ2n) is 5.02. The zero-order valence-electron chi connectivity index (χ0n) is 11.8. The third-order valence-corrected chi connectivity index (χ3v) is 2.56. The van der Waals surface area contributed by atoms with Gasteiger partial charge in [-0.3, -0.25) is 4.79 Å². The second kappa shape index (κ2) is 6.79. The molecule has 1 unspecified atom stereocenters. The first-order valence-corrected chi connectivity index (χ1v) is 6.41. The number of nitrogens with zero attached hydrogens (tertiary/aromatic N) is 1. The summed E-state index contributed by atoms with van der Waals surface area (Å²) in [4.78, 5) is 12.0. The van der Waals surface area contributed by atoms with Crippen LogP contribution in [-0.2, 0) is 0 Å². The monoisotopic (exact) mass is 260 g/mol. The lowest BCUT2D eigenvalue weighted by atomic mass is 10.1. The van der Waals surface area contributed by atoms with Gasteiger partial charge in [0.1, 0.15) is 11.8 Å². The molecule has 0 heterocycles. The Morgan fingerprint density at radius 1 is 1.32 bits per heavy atom. The van der Waals surface area contributed by atoms with E-state index in [9.17, 15) is 4.79 Å². The van der Waals surface area contributed by atoms with Crippen LogP contribution in [-0.4, -0.2) is 18.1 Å². The Bertz CT molecular complexity index is 475. The van der Waals surface area contributed by atoms with E-state index in [0.717, 1.165) is 0 Å². The van der Waals surface area contributed by atoms with Crippen molar-refractivity contribution in [2.24, 2.45) is 5.92 Å². The number of hydrogen-bond acceptors (Lipinski definition) is 3. The van der Waals surface area contributed by atoms with Crippen molar-refractivity contribution in [2.75, 3.05) is 0 Å². The molecule has 4 heteroatoms. The number of nitrogens with one attached hydrogen (secondary N) is 1. The maximum atomic E-state index is 12.0. The lowest BCUT2D eigenvalue weighted by Gasteiger charge is -2.15. The minimum Gasteiger partial charge on any atom is -0.491 e. The quantitative estimate of drug-likeness (QED) is 0.885. The van der Waals surface area contributed by atoms with Gasteiger partial charge in [-0.05, 0) is 38.0 Å². The average molecular weight is 260 g/mol. The standard InChI is InChI=1S/C15H20N2O2/c1-10(2)14(9-16)17-15(18)12-6-5-7-13(8-12)19-11(3)4/h5-8,10-11,14H,1-4H3,(H,17,18). The summed E-state index contributed by atoms with van der Waals surface area (Å²) < 4.78 is 5.54. The summed E-state index contributed by atoms with van der Waals surface area (Å²) in [5.41, 5.74) is 0.499. The summed E-state index contributed by atoms with van der Waals surface area (Å²) >= 11 is 0. The van der Waals surface area contributed by atoms with Crippen molar-refractivity contribution in [2.45, 2.75) is 39.8 Å².